The van der Waals surface area contributed by atoms with E-state index >= 15 is 0 Å². The van der Waals surface area contributed by atoms with Crippen molar-refractivity contribution in [3.05, 3.63) is 112 Å². The predicted molar refractivity (Wildman–Crippen MR) is 110 cm³/mol. The fourth-order valence-electron chi connectivity index (χ4n) is 3.87. The maximum absolute atomic E-state index is 12.8. The first kappa shape index (κ1) is 19.3. The van der Waals surface area contributed by atoms with Crippen molar-refractivity contribution in [1.29, 1.82) is 0 Å². The molecule has 30 heavy (non-hydrogen) atoms. The molecule has 1 saturated carbocycles. The number of benzene rings is 3. The molecule has 1 aliphatic carbocycles. The highest BCUT2D eigenvalue weighted by molar-refractivity contribution is 5.96. The third-order valence-electron chi connectivity index (χ3n) is 5.49. The second-order valence-corrected chi connectivity index (χ2v) is 7.21. The Bertz CT molecular complexity index is 1040. The lowest BCUT2D eigenvalue weighted by Gasteiger charge is -2.19. The average Bonchev–Trinajstić information content (AvgIpc) is 3.56. The molecule has 3 aromatic rings. The number of nitro benzene ring substituents is 1. The van der Waals surface area contributed by atoms with Crippen LogP contribution in [0.2, 0.25) is 0 Å². The third kappa shape index (κ3) is 3.53. The lowest BCUT2D eigenvalue weighted by Crippen LogP contribution is -2.43. The van der Waals surface area contributed by atoms with Crippen LogP contribution in [0.5, 0.6) is 0 Å². The Balaban J connectivity index is 1.47. The molecule has 0 radical (unpaired) electrons. The van der Waals surface area contributed by atoms with Gasteiger partial charge in [-0.15, -0.1) is 0 Å². The summed E-state index contributed by atoms with van der Waals surface area (Å²) in [7, 11) is 0. The molecular weight excluding hydrogens is 382 g/mol. The smallest absolute Gasteiger partial charge is 0.269 e. The van der Waals surface area contributed by atoms with Crippen molar-refractivity contribution in [2.75, 3.05) is 0 Å². The second-order valence-electron chi connectivity index (χ2n) is 7.21. The zero-order valence-corrected chi connectivity index (χ0v) is 15.9. The quantitative estimate of drug-likeness (QED) is 0.506. The second kappa shape index (κ2) is 7.79. The van der Waals surface area contributed by atoms with Crippen LogP contribution in [0.4, 0.5) is 5.69 Å². The van der Waals surface area contributed by atoms with Gasteiger partial charge >= 0.3 is 0 Å². The lowest BCUT2D eigenvalue weighted by atomic mass is 9.85. The maximum Gasteiger partial charge on any atom is 0.269 e. The van der Waals surface area contributed by atoms with Gasteiger partial charge in [0.15, 0.2) is 0 Å². The van der Waals surface area contributed by atoms with E-state index in [1.807, 2.05) is 60.7 Å². The standard InChI is InChI=1S/C23H19N3O4/c27-21(16-11-13-19(14-12-16)26(29)30)24-25-22(28)20-15-23(20,17-7-3-1-4-8-17)18-9-5-2-6-10-18/h1-14,20H,15H2,(H,24,27)(H,25,28). The molecule has 4 rings (SSSR count). The Morgan fingerprint density at radius 3 is 1.87 bits per heavy atom. The van der Waals surface area contributed by atoms with E-state index in [9.17, 15) is 19.7 Å². The molecule has 150 valence electrons. The van der Waals surface area contributed by atoms with Crippen LogP contribution in [-0.2, 0) is 10.2 Å². The molecule has 0 bridgehead atoms. The number of carbonyl (C=O) groups is 2. The summed E-state index contributed by atoms with van der Waals surface area (Å²) in [6.45, 7) is 0. The Labute approximate surface area is 172 Å². The average molecular weight is 401 g/mol. The normalized spacial score (nSPS) is 16.3. The molecule has 1 unspecified atom stereocenters. The van der Waals surface area contributed by atoms with E-state index in [0.29, 0.717) is 6.42 Å². The number of nitrogens with one attached hydrogen (secondary N) is 2. The molecule has 1 aliphatic rings. The molecule has 1 fully saturated rings. The van der Waals surface area contributed by atoms with Gasteiger partial charge in [-0.3, -0.25) is 30.6 Å². The molecule has 0 spiro atoms. The van der Waals surface area contributed by atoms with Crippen molar-refractivity contribution in [3.8, 4) is 0 Å². The summed E-state index contributed by atoms with van der Waals surface area (Å²) in [5.74, 6) is -1.14. The number of carbonyl (C=O) groups excluding carboxylic acids is 2. The fraction of sp³-hybridized carbons (Fsp3) is 0.130. The van der Waals surface area contributed by atoms with Crippen LogP contribution in [0, 0.1) is 16.0 Å². The van der Waals surface area contributed by atoms with Gasteiger partial charge in [-0.25, -0.2) is 0 Å². The molecule has 1 atom stereocenters. The van der Waals surface area contributed by atoms with Gasteiger partial charge in [0.25, 0.3) is 11.6 Å². The summed E-state index contributed by atoms with van der Waals surface area (Å²) in [4.78, 5) is 35.3. The molecule has 0 aromatic heterocycles. The Morgan fingerprint density at radius 2 is 1.37 bits per heavy atom. The van der Waals surface area contributed by atoms with Crippen LogP contribution in [0.15, 0.2) is 84.9 Å². The highest BCUT2D eigenvalue weighted by Crippen LogP contribution is 2.58. The van der Waals surface area contributed by atoms with Crippen molar-refractivity contribution in [3.63, 3.8) is 0 Å². The topological polar surface area (TPSA) is 101 Å². The minimum atomic E-state index is -0.538. The molecule has 7 nitrogen and oxygen atoms in total. The van der Waals surface area contributed by atoms with Crippen LogP contribution in [-0.4, -0.2) is 16.7 Å². The van der Waals surface area contributed by atoms with Crippen LogP contribution in [0.1, 0.15) is 27.9 Å². The van der Waals surface area contributed by atoms with Crippen molar-refractivity contribution in [1.82, 2.24) is 10.9 Å². The first-order chi connectivity index (χ1) is 14.5. The van der Waals surface area contributed by atoms with E-state index in [1.54, 1.807) is 0 Å². The first-order valence-corrected chi connectivity index (χ1v) is 9.48. The maximum atomic E-state index is 12.8. The van der Waals surface area contributed by atoms with Gasteiger partial charge in [0.05, 0.1) is 10.8 Å². The van der Waals surface area contributed by atoms with E-state index < -0.39 is 16.2 Å². The Morgan fingerprint density at radius 1 is 0.833 bits per heavy atom. The largest absolute Gasteiger partial charge is 0.273 e. The zero-order valence-electron chi connectivity index (χ0n) is 15.9. The number of non-ortho nitro benzene ring substituents is 1. The van der Waals surface area contributed by atoms with E-state index in [4.69, 9.17) is 0 Å². The first-order valence-electron chi connectivity index (χ1n) is 9.48. The van der Waals surface area contributed by atoms with Gasteiger partial charge in [0.1, 0.15) is 0 Å². The molecule has 0 saturated heterocycles. The fourth-order valence-corrected chi connectivity index (χ4v) is 3.87. The summed E-state index contributed by atoms with van der Waals surface area (Å²) in [6.07, 6.45) is 0.639. The Hall–Kier alpha value is -4.00. The molecule has 0 heterocycles. The number of hydrogen-bond donors (Lipinski definition) is 2. The lowest BCUT2D eigenvalue weighted by molar-refractivity contribution is -0.384. The van der Waals surface area contributed by atoms with Crippen molar-refractivity contribution < 1.29 is 14.5 Å². The molecular formula is C23H19N3O4. The van der Waals surface area contributed by atoms with E-state index in [2.05, 4.69) is 10.9 Å². The van der Waals surface area contributed by atoms with Gasteiger partial charge in [-0.2, -0.15) is 0 Å². The summed E-state index contributed by atoms with van der Waals surface area (Å²) in [6, 6.07) is 24.9. The number of hydrazine groups is 1. The molecule has 0 aliphatic heterocycles. The minimum Gasteiger partial charge on any atom is -0.273 e. The Kier molecular flexibility index (Phi) is 5.02. The highest BCUT2D eigenvalue weighted by Gasteiger charge is 2.60. The van der Waals surface area contributed by atoms with Gasteiger partial charge < -0.3 is 0 Å². The molecule has 3 aromatic carbocycles. The van der Waals surface area contributed by atoms with E-state index in [0.717, 1.165) is 11.1 Å². The zero-order chi connectivity index (χ0) is 21.1. The van der Waals surface area contributed by atoms with Gasteiger partial charge in [-0.1, -0.05) is 60.7 Å². The number of nitro groups is 1. The number of rotatable bonds is 5. The molecule has 7 heteroatoms. The predicted octanol–water partition coefficient (Wildman–Crippen LogP) is 3.36. The number of hydrogen-bond acceptors (Lipinski definition) is 4. The van der Waals surface area contributed by atoms with Crippen molar-refractivity contribution in [2.24, 2.45) is 5.92 Å². The summed E-state index contributed by atoms with van der Waals surface area (Å²) >= 11 is 0. The van der Waals surface area contributed by atoms with Crippen molar-refractivity contribution >= 4 is 17.5 Å². The van der Waals surface area contributed by atoms with E-state index in [-0.39, 0.29) is 23.1 Å². The van der Waals surface area contributed by atoms with Gasteiger partial charge in [0, 0.05) is 23.1 Å². The van der Waals surface area contributed by atoms with Crippen LogP contribution in [0.25, 0.3) is 0 Å². The third-order valence-corrected chi connectivity index (χ3v) is 5.49. The van der Waals surface area contributed by atoms with Crippen LogP contribution in [0.3, 0.4) is 0 Å². The SMILES string of the molecule is O=C(NNC(=O)C1CC1(c1ccccc1)c1ccccc1)c1ccc([N+](=O)[O-])cc1. The van der Waals surface area contributed by atoms with Gasteiger partial charge in [-0.05, 0) is 29.7 Å². The summed E-state index contributed by atoms with van der Waals surface area (Å²) in [5.41, 5.74) is 6.69. The van der Waals surface area contributed by atoms with Crippen molar-refractivity contribution in [2.45, 2.75) is 11.8 Å². The molecule has 2 N–H and O–H groups in total. The number of nitrogens with zero attached hydrogens (tertiary/aromatic N) is 1. The molecule has 2 amide bonds. The summed E-state index contributed by atoms with van der Waals surface area (Å²) < 4.78 is 0. The monoisotopic (exact) mass is 401 g/mol. The number of amides is 2. The van der Waals surface area contributed by atoms with E-state index in [1.165, 1.54) is 24.3 Å². The van der Waals surface area contributed by atoms with Crippen LogP contribution < -0.4 is 10.9 Å². The van der Waals surface area contributed by atoms with Crippen LogP contribution >= 0.6 is 0 Å². The van der Waals surface area contributed by atoms with Gasteiger partial charge in [0.2, 0.25) is 5.91 Å². The highest BCUT2D eigenvalue weighted by atomic mass is 16.6. The summed E-state index contributed by atoms with van der Waals surface area (Å²) in [5, 5.41) is 10.7. The minimum absolute atomic E-state index is 0.107.